The van der Waals surface area contributed by atoms with Crippen LogP contribution < -0.4 is 10.9 Å². The smallest absolute Gasteiger partial charge is 0.272 e. The zero-order valence-corrected chi connectivity index (χ0v) is 9.86. The molecule has 2 aromatic heterocycles. The van der Waals surface area contributed by atoms with E-state index < -0.39 is 0 Å². The molecule has 2 aromatic rings. The maximum Gasteiger partial charge on any atom is 0.272 e. The quantitative estimate of drug-likeness (QED) is 0.792. The lowest BCUT2D eigenvalue weighted by Crippen LogP contribution is -2.18. The molecule has 1 atom stereocenters. The lowest BCUT2D eigenvalue weighted by atomic mass is 10.0. The second kappa shape index (κ2) is 4.00. The Bertz CT molecular complexity index is 592. The summed E-state index contributed by atoms with van der Waals surface area (Å²) in [6.07, 6.45) is 3.88. The largest absolute Gasteiger partial charge is 0.316 e. The number of H-pyrrole nitrogens is 1. The fourth-order valence-corrected chi connectivity index (χ4v) is 2.43. The third-order valence-electron chi connectivity index (χ3n) is 3.39. The van der Waals surface area contributed by atoms with E-state index in [1.807, 2.05) is 13.1 Å². The zero-order chi connectivity index (χ0) is 11.8. The summed E-state index contributed by atoms with van der Waals surface area (Å²) in [5.41, 5.74) is 2.64. The van der Waals surface area contributed by atoms with Crippen molar-refractivity contribution >= 4 is 5.65 Å². The van der Waals surface area contributed by atoms with Crippen molar-refractivity contribution in [2.24, 2.45) is 5.92 Å². The fourth-order valence-electron chi connectivity index (χ4n) is 2.43. The molecule has 1 fully saturated rings. The maximum atomic E-state index is 11.9. The molecule has 1 aliphatic heterocycles. The van der Waals surface area contributed by atoms with Gasteiger partial charge < -0.3 is 5.32 Å². The van der Waals surface area contributed by atoms with Crippen LogP contribution in [-0.4, -0.2) is 27.7 Å². The monoisotopic (exact) mass is 232 g/mol. The number of aromatic nitrogens is 3. The first-order valence-electron chi connectivity index (χ1n) is 6.01. The van der Waals surface area contributed by atoms with Gasteiger partial charge in [0.25, 0.3) is 5.56 Å². The predicted molar refractivity (Wildman–Crippen MR) is 65.2 cm³/mol. The van der Waals surface area contributed by atoms with Gasteiger partial charge in [-0.2, -0.15) is 0 Å². The van der Waals surface area contributed by atoms with Crippen LogP contribution in [0.1, 0.15) is 17.7 Å². The highest BCUT2D eigenvalue weighted by Crippen LogP contribution is 2.14. The van der Waals surface area contributed by atoms with Crippen molar-refractivity contribution in [1.82, 2.24) is 19.9 Å². The summed E-state index contributed by atoms with van der Waals surface area (Å²) in [5.74, 6) is 0.614. The van der Waals surface area contributed by atoms with E-state index in [1.165, 1.54) is 10.9 Å². The minimum atomic E-state index is -0.0240. The molecule has 5 heteroatoms. The van der Waals surface area contributed by atoms with Crippen LogP contribution in [-0.2, 0) is 6.42 Å². The van der Waals surface area contributed by atoms with E-state index in [-0.39, 0.29) is 5.56 Å². The van der Waals surface area contributed by atoms with Gasteiger partial charge in [0.15, 0.2) is 5.65 Å². The van der Waals surface area contributed by atoms with E-state index in [2.05, 4.69) is 15.4 Å². The van der Waals surface area contributed by atoms with E-state index >= 15 is 0 Å². The van der Waals surface area contributed by atoms with Crippen LogP contribution in [0.2, 0.25) is 0 Å². The number of nitrogens with one attached hydrogen (secondary N) is 2. The van der Waals surface area contributed by atoms with Crippen molar-refractivity contribution in [2.75, 3.05) is 13.1 Å². The molecule has 0 aromatic carbocycles. The summed E-state index contributed by atoms with van der Waals surface area (Å²) in [5, 5.41) is 6.24. The molecule has 0 radical (unpaired) electrons. The molecule has 3 rings (SSSR count). The summed E-state index contributed by atoms with van der Waals surface area (Å²) in [7, 11) is 0. The summed E-state index contributed by atoms with van der Waals surface area (Å²) in [6, 6.07) is 1.64. The van der Waals surface area contributed by atoms with E-state index in [9.17, 15) is 4.79 Å². The van der Waals surface area contributed by atoms with Crippen molar-refractivity contribution in [1.29, 1.82) is 0 Å². The Labute approximate surface area is 98.9 Å². The van der Waals surface area contributed by atoms with Crippen LogP contribution in [0.4, 0.5) is 0 Å². The molecule has 2 N–H and O–H groups in total. The first-order chi connectivity index (χ1) is 8.24. The Balaban J connectivity index is 1.99. The van der Waals surface area contributed by atoms with Crippen molar-refractivity contribution < 1.29 is 0 Å². The highest BCUT2D eigenvalue weighted by Gasteiger charge is 2.16. The van der Waals surface area contributed by atoms with Crippen molar-refractivity contribution in [3.8, 4) is 0 Å². The van der Waals surface area contributed by atoms with Crippen molar-refractivity contribution in [2.45, 2.75) is 19.8 Å². The van der Waals surface area contributed by atoms with E-state index in [1.54, 1.807) is 6.07 Å². The van der Waals surface area contributed by atoms with Crippen LogP contribution in [0.3, 0.4) is 0 Å². The molecular weight excluding hydrogens is 216 g/mol. The molecule has 0 bridgehead atoms. The fraction of sp³-hybridized carbons (Fsp3) is 0.500. The summed E-state index contributed by atoms with van der Waals surface area (Å²) in [4.78, 5) is 16.4. The predicted octanol–water partition coefficient (Wildman–Crippen LogP) is 0.483. The molecule has 0 amide bonds. The summed E-state index contributed by atoms with van der Waals surface area (Å²) in [6.45, 7) is 4.07. The first kappa shape index (κ1) is 10.5. The Morgan fingerprint density at radius 3 is 3.24 bits per heavy atom. The second-order valence-corrected chi connectivity index (χ2v) is 4.76. The van der Waals surface area contributed by atoms with Gasteiger partial charge in [-0.1, -0.05) is 0 Å². The minimum absolute atomic E-state index is 0.0240. The Morgan fingerprint density at radius 2 is 2.47 bits per heavy atom. The molecule has 1 saturated heterocycles. The number of hydrogen-bond acceptors (Lipinski definition) is 3. The van der Waals surface area contributed by atoms with E-state index in [4.69, 9.17) is 0 Å². The third-order valence-corrected chi connectivity index (χ3v) is 3.39. The summed E-state index contributed by atoms with van der Waals surface area (Å²) >= 11 is 0. The molecule has 17 heavy (non-hydrogen) atoms. The number of rotatable bonds is 2. The van der Waals surface area contributed by atoms with Gasteiger partial charge in [-0.3, -0.25) is 9.89 Å². The van der Waals surface area contributed by atoms with Crippen molar-refractivity contribution in [3.05, 3.63) is 33.9 Å². The van der Waals surface area contributed by atoms with Crippen molar-refractivity contribution in [3.63, 3.8) is 0 Å². The average molecular weight is 232 g/mol. The lowest BCUT2D eigenvalue weighted by Gasteiger charge is -2.07. The summed E-state index contributed by atoms with van der Waals surface area (Å²) < 4.78 is 1.49. The van der Waals surface area contributed by atoms with Crippen LogP contribution >= 0.6 is 0 Å². The number of hydrogen-bond donors (Lipinski definition) is 2. The number of nitrogens with zero attached hydrogens (tertiary/aromatic N) is 2. The Morgan fingerprint density at radius 1 is 1.59 bits per heavy atom. The van der Waals surface area contributed by atoms with Gasteiger partial charge in [-0.25, -0.2) is 9.50 Å². The standard InChI is InChI=1S/C12H16N4O/c1-8-6-14-16-11(17)5-10(15-12(8)16)4-9-2-3-13-7-9/h5-6,9,13-14H,2-4,7H2,1H3. The zero-order valence-electron chi connectivity index (χ0n) is 9.86. The van der Waals surface area contributed by atoms with Gasteiger partial charge in [0, 0.05) is 23.5 Å². The van der Waals surface area contributed by atoms with Gasteiger partial charge in [-0.05, 0) is 38.8 Å². The van der Waals surface area contributed by atoms with Crippen LogP contribution in [0.25, 0.3) is 5.65 Å². The minimum Gasteiger partial charge on any atom is -0.316 e. The normalized spacial score (nSPS) is 20.2. The Kier molecular flexibility index (Phi) is 2.48. The lowest BCUT2D eigenvalue weighted by molar-refractivity contribution is 0.571. The number of aryl methyl sites for hydroxylation is 1. The average Bonchev–Trinajstić information content (AvgIpc) is 2.90. The maximum absolute atomic E-state index is 11.9. The van der Waals surface area contributed by atoms with E-state index in [0.717, 1.165) is 36.4 Å². The molecule has 5 nitrogen and oxygen atoms in total. The van der Waals surface area contributed by atoms with Crippen LogP contribution in [0.5, 0.6) is 0 Å². The molecule has 1 unspecified atom stereocenters. The molecule has 1 aliphatic rings. The number of aromatic amines is 1. The van der Waals surface area contributed by atoms with Crippen LogP contribution in [0.15, 0.2) is 17.1 Å². The highest BCUT2D eigenvalue weighted by atomic mass is 16.1. The van der Waals surface area contributed by atoms with E-state index in [0.29, 0.717) is 5.92 Å². The molecule has 3 heterocycles. The molecule has 0 aliphatic carbocycles. The van der Waals surface area contributed by atoms with Gasteiger partial charge >= 0.3 is 0 Å². The van der Waals surface area contributed by atoms with Gasteiger partial charge in [-0.15, -0.1) is 0 Å². The van der Waals surface area contributed by atoms with Gasteiger partial charge in [0.1, 0.15) is 0 Å². The SMILES string of the molecule is Cc1c[nH]n2c(=O)cc(CC3CCNC3)nc12. The molecular formula is C12H16N4O. The third kappa shape index (κ3) is 1.86. The molecule has 0 spiro atoms. The van der Waals surface area contributed by atoms with Crippen LogP contribution in [0, 0.1) is 12.8 Å². The molecule has 0 saturated carbocycles. The van der Waals surface area contributed by atoms with Gasteiger partial charge in [0.2, 0.25) is 0 Å². The molecule has 90 valence electrons. The second-order valence-electron chi connectivity index (χ2n) is 4.76. The van der Waals surface area contributed by atoms with Gasteiger partial charge in [0.05, 0.1) is 0 Å². The highest BCUT2D eigenvalue weighted by molar-refractivity contribution is 5.45. The first-order valence-corrected chi connectivity index (χ1v) is 6.01. The topological polar surface area (TPSA) is 62.2 Å². The number of fused-ring (bicyclic) bond motifs is 1. The Hall–Kier alpha value is -1.62.